The number of methoxy groups -OCH3 is 1. The van der Waals surface area contributed by atoms with Crippen LogP contribution in [0.2, 0.25) is 0 Å². The Kier molecular flexibility index (Phi) is 5.36. The Morgan fingerprint density at radius 2 is 2.30 bits per heavy atom. The molecule has 0 aliphatic carbocycles. The first-order chi connectivity index (χ1) is 11.2. The Morgan fingerprint density at radius 3 is 3.00 bits per heavy atom. The summed E-state index contributed by atoms with van der Waals surface area (Å²) in [6, 6.07) is 7.31. The Hall–Kier alpha value is -3.27. The van der Waals surface area contributed by atoms with Crippen molar-refractivity contribution >= 4 is 12.1 Å². The Balaban J connectivity index is 2.10. The minimum absolute atomic E-state index is 0.158. The summed E-state index contributed by atoms with van der Waals surface area (Å²) in [6.45, 7) is 5.65. The number of rotatable bonds is 7. The van der Waals surface area contributed by atoms with Gasteiger partial charge in [0.25, 0.3) is 5.88 Å². The van der Waals surface area contributed by atoms with Crippen LogP contribution < -0.4 is 14.9 Å². The highest BCUT2D eigenvalue weighted by molar-refractivity contribution is 5.81. The number of nitrogens with one attached hydrogen (secondary N) is 1. The van der Waals surface area contributed by atoms with Crippen LogP contribution in [-0.4, -0.2) is 24.9 Å². The van der Waals surface area contributed by atoms with Crippen LogP contribution in [-0.2, 0) is 0 Å². The van der Waals surface area contributed by atoms with E-state index in [1.165, 1.54) is 0 Å². The Morgan fingerprint density at radius 1 is 1.48 bits per heavy atom. The van der Waals surface area contributed by atoms with Crippen LogP contribution >= 0.6 is 0 Å². The maximum atomic E-state index is 8.92. The van der Waals surface area contributed by atoms with Crippen molar-refractivity contribution < 1.29 is 13.9 Å². The van der Waals surface area contributed by atoms with Gasteiger partial charge in [0.1, 0.15) is 12.7 Å². The number of nitriles is 1. The lowest BCUT2D eigenvalue weighted by molar-refractivity contribution is 0.326. The largest absolute Gasteiger partial charge is 0.493 e. The second-order valence-electron chi connectivity index (χ2n) is 4.40. The summed E-state index contributed by atoms with van der Waals surface area (Å²) in [5.41, 5.74) is 3.60. The normalized spacial score (nSPS) is 10.3. The topological polar surface area (TPSA) is 92.7 Å². The minimum Gasteiger partial charge on any atom is -0.493 e. The number of hydrogen-bond donors (Lipinski definition) is 1. The third-order valence-electron chi connectivity index (χ3n) is 2.76. The first-order valence-electron chi connectivity index (χ1n) is 6.76. The number of aryl methyl sites for hydroxylation is 1. The number of oxazole rings is 1. The number of aromatic nitrogens is 1. The zero-order valence-corrected chi connectivity index (χ0v) is 12.9. The van der Waals surface area contributed by atoms with E-state index in [4.69, 9.17) is 19.2 Å². The summed E-state index contributed by atoms with van der Waals surface area (Å²) in [5, 5.41) is 12.9. The molecule has 0 bridgehead atoms. The van der Waals surface area contributed by atoms with Gasteiger partial charge in [-0.3, -0.25) is 0 Å². The molecule has 118 valence electrons. The van der Waals surface area contributed by atoms with Crippen molar-refractivity contribution in [2.24, 2.45) is 5.10 Å². The smallest absolute Gasteiger partial charge is 0.252 e. The second kappa shape index (κ2) is 7.66. The average molecular weight is 312 g/mol. The van der Waals surface area contributed by atoms with Gasteiger partial charge in [0.05, 0.1) is 13.3 Å². The molecule has 7 heteroatoms. The Bertz CT molecular complexity index is 759. The lowest BCUT2D eigenvalue weighted by atomic mass is 10.2. The number of hydrazone groups is 1. The monoisotopic (exact) mass is 312 g/mol. The lowest BCUT2D eigenvalue weighted by Gasteiger charge is -2.09. The van der Waals surface area contributed by atoms with Crippen LogP contribution in [0.4, 0.5) is 5.88 Å². The van der Waals surface area contributed by atoms with E-state index in [9.17, 15) is 0 Å². The molecule has 23 heavy (non-hydrogen) atoms. The van der Waals surface area contributed by atoms with Crippen LogP contribution in [0.5, 0.6) is 11.5 Å². The van der Waals surface area contributed by atoms with Gasteiger partial charge in [-0.25, -0.2) is 10.4 Å². The number of benzene rings is 1. The zero-order chi connectivity index (χ0) is 16.7. The predicted octanol–water partition coefficient (Wildman–Crippen LogP) is 2.87. The van der Waals surface area contributed by atoms with E-state index in [2.05, 4.69) is 22.1 Å². The van der Waals surface area contributed by atoms with E-state index < -0.39 is 0 Å². The average Bonchev–Trinajstić information content (AvgIpc) is 2.93. The van der Waals surface area contributed by atoms with Gasteiger partial charge in [0.2, 0.25) is 5.69 Å². The van der Waals surface area contributed by atoms with E-state index in [1.807, 2.05) is 12.1 Å². The first-order valence-corrected chi connectivity index (χ1v) is 6.76. The van der Waals surface area contributed by atoms with Crippen LogP contribution in [0, 0.1) is 18.3 Å². The molecule has 0 aliphatic rings. The molecule has 2 rings (SSSR count). The van der Waals surface area contributed by atoms with Crippen LogP contribution in [0.3, 0.4) is 0 Å². The fraction of sp³-hybridized carbons (Fsp3) is 0.188. The van der Waals surface area contributed by atoms with E-state index >= 15 is 0 Å². The molecule has 1 aromatic carbocycles. The van der Waals surface area contributed by atoms with Gasteiger partial charge < -0.3 is 13.9 Å². The molecule has 0 spiro atoms. The molecule has 0 atom stereocenters. The van der Waals surface area contributed by atoms with Crippen molar-refractivity contribution in [2.75, 3.05) is 19.1 Å². The van der Waals surface area contributed by atoms with Gasteiger partial charge >= 0.3 is 0 Å². The summed E-state index contributed by atoms with van der Waals surface area (Å²) < 4.78 is 16.0. The zero-order valence-electron chi connectivity index (χ0n) is 12.9. The van der Waals surface area contributed by atoms with E-state index in [0.717, 1.165) is 5.56 Å². The number of hydrogen-bond acceptors (Lipinski definition) is 7. The summed E-state index contributed by atoms with van der Waals surface area (Å²) in [4.78, 5) is 3.91. The molecule has 0 saturated carbocycles. The summed E-state index contributed by atoms with van der Waals surface area (Å²) in [7, 11) is 1.56. The van der Waals surface area contributed by atoms with Crippen molar-refractivity contribution in [1.29, 1.82) is 5.26 Å². The van der Waals surface area contributed by atoms with Crippen molar-refractivity contribution in [3.63, 3.8) is 0 Å². The standard InChI is InChI=1S/C16H16N4O3/c1-4-7-22-14-6-5-12(8-15(14)21-3)10-18-20-16-13(9-17)19-11(2)23-16/h4-6,8,10,20H,1,7H2,2-3H3. The highest BCUT2D eigenvalue weighted by Crippen LogP contribution is 2.27. The number of nitrogens with zero attached hydrogens (tertiary/aromatic N) is 3. The van der Waals surface area contributed by atoms with E-state index in [1.54, 1.807) is 38.5 Å². The highest BCUT2D eigenvalue weighted by atomic mass is 16.5. The molecule has 2 aromatic rings. The summed E-state index contributed by atoms with van der Waals surface area (Å²) in [6.07, 6.45) is 3.23. The number of ether oxygens (including phenoxy) is 2. The quantitative estimate of drug-likeness (QED) is 0.480. The molecular weight excluding hydrogens is 296 g/mol. The third kappa shape index (κ3) is 4.11. The molecule has 1 heterocycles. The van der Waals surface area contributed by atoms with Crippen LogP contribution in [0.1, 0.15) is 17.1 Å². The van der Waals surface area contributed by atoms with Crippen molar-refractivity contribution in [1.82, 2.24) is 4.98 Å². The molecule has 1 aromatic heterocycles. The maximum Gasteiger partial charge on any atom is 0.252 e. The molecule has 7 nitrogen and oxygen atoms in total. The lowest BCUT2D eigenvalue weighted by Crippen LogP contribution is -1.97. The molecule has 0 radical (unpaired) electrons. The van der Waals surface area contributed by atoms with Crippen LogP contribution in [0.25, 0.3) is 0 Å². The van der Waals surface area contributed by atoms with Gasteiger partial charge in [0.15, 0.2) is 17.4 Å². The Labute approximate surface area is 133 Å². The van der Waals surface area contributed by atoms with Crippen molar-refractivity contribution in [2.45, 2.75) is 6.92 Å². The third-order valence-corrected chi connectivity index (χ3v) is 2.76. The maximum absolute atomic E-state index is 8.92. The molecule has 0 aliphatic heterocycles. The van der Waals surface area contributed by atoms with Gasteiger partial charge in [-0.05, 0) is 23.8 Å². The SMILES string of the molecule is C=CCOc1ccc(C=NNc2oc(C)nc2C#N)cc1OC. The van der Waals surface area contributed by atoms with Crippen molar-refractivity contribution in [3.05, 3.63) is 48.0 Å². The first kappa shape index (κ1) is 16.1. The van der Waals surface area contributed by atoms with Gasteiger partial charge in [-0.1, -0.05) is 12.7 Å². The number of anilines is 1. The predicted molar refractivity (Wildman–Crippen MR) is 85.9 cm³/mol. The van der Waals surface area contributed by atoms with E-state index in [-0.39, 0.29) is 11.6 Å². The fourth-order valence-corrected chi connectivity index (χ4v) is 1.78. The highest BCUT2D eigenvalue weighted by Gasteiger charge is 2.09. The molecule has 1 N–H and O–H groups in total. The summed E-state index contributed by atoms with van der Waals surface area (Å²) in [5.74, 6) is 1.81. The van der Waals surface area contributed by atoms with Crippen molar-refractivity contribution in [3.8, 4) is 17.6 Å². The minimum atomic E-state index is 0.158. The molecule has 0 fully saturated rings. The van der Waals surface area contributed by atoms with Gasteiger partial charge in [-0.2, -0.15) is 10.4 Å². The molecule has 0 amide bonds. The van der Waals surface area contributed by atoms with E-state index in [0.29, 0.717) is 24.0 Å². The van der Waals surface area contributed by atoms with Crippen LogP contribution in [0.15, 0.2) is 40.4 Å². The second-order valence-corrected chi connectivity index (χ2v) is 4.40. The molecule has 0 saturated heterocycles. The molecular formula is C16H16N4O3. The molecule has 0 unspecified atom stereocenters. The van der Waals surface area contributed by atoms with Gasteiger partial charge in [0, 0.05) is 6.92 Å². The fourth-order valence-electron chi connectivity index (χ4n) is 1.78. The summed E-state index contributed by atoms with van der Waals surface area (Å²) >= 11 is 0. The van der Waals surface area contributed by atoms with Gasteiger partial charge in [-0.15, -0.1) is 0 Å².